The van der Waals surface area contributed by atoms with Crippen molar-refractivity contribution in [3.8, 4) is 17.2 Å². The Bertz CT molecular complexity index is 1810. The van der Waals surface area contributed by atoms with Crippen molar-refractivity contribution >= 4 is 44.1 Å². The summed E-state index contributed by atoms with van der Waals surface area (Å²) in [5.41, 5.74) is 4.81. The Morgan fingerprint density at radius 2 is 1.91 bits per heavy atom. The van der Waals surface area contributed by atoms with Crippen LogP contribution < -0.4 is 19.1 Å². The first-order chi connectivity index (χ1) is 21.2. The number of aryl methyl sites for hydroxylation is 2. The van der Waals surface area contributed by atoms with Gasteiger partial charge in [0.25, 0.3) is 5.78 Å². The summed E-state index contributed by atoms with van der Waals surface area (Å²) in [6, 6.07) is 13.8. The van der Waals surface area contributed by atoms with Crippen LogP contribution in [-0.4, -0.2) is 41.6 Å². The molecular formula is C35H36N2O6S. The Hall–Kier alpha value is -4.37. The maximum atomic E-state index is 13.8. The molecule has 1 aromatic heterocycles. The summed E-state index contributed by atoms with van der Waals surface area (Å²) in [5.74, 6) is 0.0356. The Labute approximate surface area is 260 Å². The lowest BCUT2D eigenvalue weighted by Gasteiger charge is -2.24. The van der Waals surface area contributed by atoms with Crippen LogP contribution in [0.3, 0.4) is 0 Å². The molecule has 0 spiro atoms. The number of aliphatic hydroxyl groups is 1. The standard InChI is InChI=1S/C35H36N2O6S/c1-6-7-8-13-42-26-12-9-22(18-27(26)41-5)31-29(32(38)23-10-11-25-24(17-23)16-21(4)43-25)33(39)34(40)37(31)35-36-30-20(3)14-19(2)15-28(30)44-35/h9-12,14-15,17-18,21,31,38H,6-8,13,16H2,1-5H3/b32-29+. The number of aromatic nitrogens is 1. The minimum Gasteiger partial charge on any atom is -0.507 e. The Kier molecular flexibility index (Phi) is 8.07. The average molecular weight is 613 g/mol. The first kappa shape index (κ1) is 29.7. The van der Waals surface area contributed by atoms with Gasteiger partial charge in [0.2, 0.25) is 0 Å². The number of aliphatic hydroxyl groups excluding tert-OH is 1. The Morgan fingerprint density at radius 3 is 2.68 bits per heavy atom. The number of ketones is 1. The quantitative estimate of drug-likeness (QED) is 0.0908. The summed E-state index contributed by atoms with van der Waals surface area (Å²) in [7, 11) is 1.56. The fourth-order valence-electron chi connectivity index (χ4n) is 6.04. The lowest BCUT2D eigenvalue weighted by atomic mass is 9.94. The van der Waals surface area contributed by atoms with Crippen molar-refractivity contribution in [1.82, 2.24) is 4.98 Å². The summed E-state index contributed by atoms with van der Waals surface area (Å²) in [6.45, 7) is 8.66. The van der Waals surface area contributed by atoms with E-state index in [2.05, 4.69) is 6.92 Å². The molecule has 2 aliphatic rings. The van der Waals surface area contributed by atoms with Crippen LogP contribution in [-0.2, 0) is 16.0 Å². The number of carbonyl (C=O) groups excluding carboxylic acids is 2. The molecule has 4 aromatic rings. The lowest BCUT2D eigenvalue weighted by molar-refractivity contribution is -0.132. The van der Waals surface area contributed by atoms with Crippen LogP contribution in [0.1, 0.15) is 67.0 Å². The fraction of sp³-hybridized carbons (Fsp3) is 0.343. The monoisotopic (exact) mass is 612 g/mol. The van der Waals surface area contributed by atoms with Gasteiger partial charge in [0.1, 0.15) is 17.6 Å². The molecule has 1 saturated heterocycles. The number of anilines is 1. The van der Waals surface area contributed by atoms with Gasteiger partial charge >= 0.3 is 5.91 Å². The number of thiazole rings is 1. The highest BCUT2D eigenvalue weighted by atomic mass is 32.1. The van der Waals surface area contributed by atoms with Gasteiger partial charge in [-0.2, -0.15) is 0 Å². The number of ether oxygens (including phenoxy) is 3. The highest BCUT2D eigenvalue weighted by Crippen LogP contribution is 2.46. The van der Waals surface area contributed by atoms with E-state index in [4.69, 9.17) is 19.2 Å². The first-order valence-electron chi connectivity index (χ1n) is 15.0. The molecule has 8 nitrogen and oxygen atoms in total. The summed E-state index contributed by atoms with van der Waals surface area (Å²) in [5, 5.41) is 12.1. The number of hydrogen-bond acceptors (Lipinski definition) is 8. The molecule has 2 unspecified atom stereocenters. The molecule has 9 heteroatoms. The van der Waals surface area contributed by atoms with Crippen molar-refractivity contribution in [3.05, 3.63) is 81.9 Å². The number of methoxy groups -OCH3 is 1. The molecule has 1 amide bonds. The second-order valence-corrected chi connectivity index (χ2v) is 12.5. The normalized spacial score (nSPS) is 19.0. The number of fused-ring (bicyclic) bond motifs is 2. The van der Waals surface area contributed by atoms with E-state index in [0.717, 1.165) is 51.9 Å². The van der Waals surface area contributed by atoms with E-state index < -0.39 is 17.7 Å². The third-order valence-electron chi connectivity index (χ3n) is 8.15. The van der Waals surface area contributed by atoms with Crippen molar-refractivity contribution in [2.75, 3.05) is 18.6 Å². The van der Waals surface area contributed by atoms with Gasteiger partial charge in [-0.15, -0.1) is 0 Å². The minimum absolute atomic E-state index is 0.00672. The maximum Gasteiger partial charge on any atom is 0.301 e. The van der Waals surface area contributed by atoms with Crippen LogP contribution in [0.25, 0.3) is 16.0 Å². The van der Waals surface area contributed by atoms with Gasteiger partial charge in [-0.25, -0.2) is 4.98 Å². The number of nitrogens with zero attached hydrogens (tertiary/aromatic N) is 2. The predicted octanol–water partition coefficient (Wildman–Crippen LogP) is 7.44. The van der Waals surface area contributed by atoms with Crippen LogP contribution in [0, 0.1) is 13.8 Å². The van der Waals surface area contributed by atoms with Crippen LogP contribution >= 0.6 is 11.3 Å². The number of unbranched alkanes of at least 4 members (excludes halogenated alkanes) is 2. The second kappa shape index (κ2) is 12.0. The fourth-order valence-corrected chi connectivity index (χ4v) is 7.21. The highest BCUT2D eigenvalue weighted by molar-refractivity contribution is 7.22. The molecule has 0 aliphatic carbocycles. The third-order valence-corrected chi connectivity index (χ3v) is 9.15. The van der Waals surface area contributed by atoms with Gasteiger partial charge in [0, 0.05) is 12.0 Å². The highest BCUT2D eigenvalue weighted by Gasteiger charge is 2.48. The molecule has 3 heterocycles. The number of rotatable bonds is 9. The number of carbonyl (C=O) groups is 2. The summed E-state index contributed by atoms with van der Waals surface area (Å²) >= 11 is 1.35. The lowest BCUT2D eigenvalue weighted by Crippen LogP contribution is -2.29. The van der Waals surface area contributed by atoms with Crippen molar-refractivity contribution in [1.29, 1.82) is 0 Å². The number of amides is 1. The van der Waals surface area contributed by atoms with Gasteiger partial charge in [0.15, 0.2) is 16.6 Å². The van der Waals surface area contributed by atoms with E-state index in [1.165, 1.54) is 16.2 Å². The molecule has 6 rings (SSSR count). The van der Waals surface area contributed by atoms with Gasteiger partial charge in [-0.3, -0.25) is 14.5 Å². The molecule has 228 valence electrons. The Balaban J connectivity index is 1.50. The summed E-state index contributed by atoms with van der Waals surface area (Å²) in [4.78, 5) is 33.9. The van der Waals surface area contributed by atoms with Crippen molar-refractivity contribution in [2.45, 2.75) is 65.5 Å². The van der Waals surface area contributed by atoms with Gasteiger partial charge in [-0.05, 0) is 85.8 Å². The molecule has 3 aromatic carbocycles. The van der Waals surface area contributed by atoms with Gasteiger partial charge in [-0.1, -0.05) is 43.2 Å². The summed E-state index contributed by atoms with van der Waals surface area (Å²) in [6.07, 6.45) is 3.77. The topological polar surface area (TPSA) is 98.2 Å². The SMILES string of the molecule is CCCCCOc1ccc(C2/C(=C(\O)c3ccc4c(c3)CC(C)O4)C(=O)C(=O)N2c2nc3c(C)cc(C)cc3s2)cc1OC. The maximum absolute atomic E-state index is 13.8. The number of hydrogen-bond donors (Lipinski definition) is 1. The molecular weight excluding hydrogens is 576 g/mol. The van der Waals surface area contributed by atoms with Crippen LogP contribution in [0.2, 0.25) is 0 Å². The largest absolute Gasteiger partial charge is 0.507 e. The molecule has 1 N–H and O–H groups in total. The van der Waals surface area contributed by atoms with E-state index in [0.29, 0.717) is 40.8 Å². The van der Waals surface area contributed by atoms with E-state index in [1.807, 2.05) is 45.0 Å². The number of benzene rings is 3. The zero-order valence-electron chi connectivity index (χ0n) is 25.6. The van der Waals surface area contributed by atoms with Gasteiger partial charge < -0.3 is 19.3 Å². The molecule has 2 atom stereocenters. The molecule has 2 aliphatic heterocycles. The molecule has 0 saturated carbocycles. The van der Waals surface area contributed by atoms with Crippen molar-refractivity contribution in [3.63, 3.8) is 0 Å². The van der Waals surface area contributed by atoms with Crippen LogP contribution in [0.4, 0.5) is 5.13 Å². The van der Waals surface area contributed by atoms with Crippen LogP contribution in [0.15, 0.2) is 54.1 Å². The van der Waals surface area contributed by atoms with Gasteiger partial charge in [0.05, 0.1) is 35.5 Å². The predicted molar refractivity (Wildman–Crippen MR) is 172 cm³/mol. The third kappa shape index (κ3) is 5.30. The molecule has 44 heavy (non-hydrogen) atoms. The Morgan fingerprint density at radius 1 is 1.09 bits per heavy atom. The first-order valence-corrected chi connectivity index (χ1v) is 15.8. The van der Waals surface area contributed by atoms with E-state index in [-0.39, 0.29) is 17.4 Å². The summed E-state index contributed by atoms with van der Waals surface area (Å²) < 4.78 is 18.5. The molecule has 0 bridgehead atoms. The van der Waals surface area contributed by atoms with Crippen molar-refractivity contribution in [2.24, 2.45) is 0 Å². The number of Topliss-reactive ketones (excluding diaryl/α,β-unsaturated/α-hetero) is 1. The van der Waals surface area contributed by atoms with E-state index >= 15 is 0 Å². The zero-order chi connectivity index (χ0) is 31.1. The minimum atomic E-state index is -0.941. The zero-order valence-corrected chi connectivity index (χ0v) is 26.4. The van der Waals surface area contributed by atoms with E-state index in [1.54, 1.807) is 31.4 Å². The second-order valence-electron chi connectivity index (χ2n) is 11.5. The van der Waals surface area contributed by atoms with Crippen molar-refractivity contribution < 1.29 is 28.9 Å². The molecule has 0 radical (unpaired) electrons. The van der Waals surface area contributed by atoms with E-state index in [9.17, 15) is 14.7 Å². The van der Waals surface area contributed by atoms with Crippen LogP contribution in [0.5, 0.6) is 17.2 Å². The average Bonchev–Trinajstić information content (AvgIpc) is 3.67. The molecule has 1 fully saturated rings. The smallest absolute Gasteiger partial charge is 0.301 e.